The molecule has 0 atom stereocenters. The number of hydrogen-bond donors (Lipinski definition) is 1. The van der Waals surface area contributed by atoms with E-state index >= 15 is 0 Å². The molecule has 0 saturated heterocycles. The first-order chi connectivity index (χ1) is 13.6. The lowest BCUT2D eigenvalue weighted by Gasteiger charge is -2.08. The minimum absolute atomic E-state index is 0.0550. The Kier molecular flexibility index (Phi) is 5.81. The zero-order valence-electron chi connectivity index (χ0n) is 15.3. The molecule has 2 heterocycles. The summed E-state index contributed by atoms with van der Waals surface area (Å²) in [6.07, 6.45) is -3.18. The lowest BCUT2D eigenvalue weighted by Crippen LogP contribution is -2.24. The highest BCUT2D eigenvalue weighted by molar-refractivity contribution is 7.17. The van der Waals surface area contributed by atoms with Crippen molar-refractivity contribution in [1.82, 2.24) is 14.9 Å². The summed E-state index contributed by atoms with van der Waals surface area (Å²) >= 11 is 6.66. The minimum atomic E-state index is -4.75. The normalized spacial score (nSPS) is 11.5. The molecule has 0 fully saturated rings. The number of hydrogen-bond acceptors (Lipinski definition) is 4. The van der Waals surface area contributed by atoms with Crippen LogP contribution in [-0.2, 0) is 6.18 Å². The highest BCUT2D eigenvalue weighted by atomic mass is 35.5. The van der Waals surface area contributed by atoms with E-state index in [1.807, 2.05) is 0 Å². The lowest BCUT2D eigenvalue weighted by molar-refractivity contribution is -0.141. The van der Waals surface area contributed by atoms with E-state index in [0.717, 1.165) is 0 Å². The van der Waals surface area contributed by atoms with Gasteiger partial charge in [0.25, 0.3) is 11.5 Å². The van der Waals surface area contributed by atoms with Crippen LogP contribution in [0.15, 0.2) is 41.3 Å². The smallest absolute Gasteiger partial charge is 0.352 e. The van der Waals surface area contributed by atoms with Crippen LogP contribution in [0.2, 0.25) is 5.02 Å². The van der Waals surface area contributed by atoms with Crippen LogP contribution in [0.25, 0.3) is 16.3 Å². The molecule has 3 rings (SSSR count). The first-order valence-corrected chi connectivity index (χ1v) is 9.67. The second kappa shape index (κ2) is 8.00. The Labute approximate surface area is 172 Å². The summed E-state index contributed by atoms with van der Waals surface area (Å²) in [5, 5.41) is 2.52. The van der Waals surface area contributed by atoms with Gasteiger partial charge in [0.2, 0.25) is 0 Å². The molecule has 0 saturated carbocycles. The molecule has 2 aromatic heterocycles. The summed E-state index contributed by atoms with van der Waals surface area (Å²) in [6, 6.07) is 7.91. The molecular weight excluding hydrogens is 427 g/mol. The second-order valence-corrected chi connectivity index (χ2v) is 7.47. The van der Waals surface area contributed by atoms with Crippen molar-refractivity contribution in [2.75, 3.05) is 6.54 Å². The van der Waals surface area contributed by atoms with Crippen molar-refractivity contribution in [3.63, 3.8) is 0 Å². The maximum atomic E-state index is 13.3. The molecule has 1 N–H and O–H groups in total. The van der Waals surface area contributed by atoms with E-state index in [2.05, 4.69) is 10.3 Å². The number of thiazole rings is 1. The van der Waals surface area contributed by atoms with Gasteiger partial charge < -0.3 is 5.32 Å². The van der Waals surface area contributed by atoms with Crippen molar-refractivity contribution in [1.29, 1.82) is 0 Å². The van der Waals surface area contributed by atoms with Gasteiger partial charge in [-0.2, -0.15) is 13.2 Å². The van der Waals surface area contributed by atoms with Crippen LogP contribution < -0.4 is 10.9 Å². The molecule has 0 unspecified atom stereocenters. The standard InChI is InChI=1S/C19H15ClF3N3O2S/c1-3-24-16(27)14-15(19(21,22)23)25-17(29-14)11-4-6-12(7-5-11)26-9-8-10(2)13(20)18(26)28/h4-9H,3H2,1-2H3,(H,24,27). The maximum absolute atomic E-state index is 13.3. The average Bonchev–Trinajstić information content (AvgIpc) is 3.13. The molecule has 1 amide bonds. The Bertz CT molecular complexity index is 1120. The fourth-order valence-corrected chi connectivity index (χ4v) is 3.76. The molecule has 3 aromatic rings. The Morgan fingerprint density at radius 3 is 2.48 bits per heavy atom. The quantitative estimate of drug-likeness (QED) is 0.638. The fraction of sp³-hybridized carbons (Fsp3) is 0.211. The van der Waals surface area contributed by atoms with Crippen LogP contribution in [0.5, 0.6) is 0 Å². The third-order valence-corrected chi connectivity index (χ3v) is 5.62. The summed E-state index contributed by atoms with van der Waals surface area (Å²) < 4.78 is 41.2. The number of aromatic nitrogens is 2. The largest absolute Gasteiger partial charge is 0.435 e. The molecule has 0 radical (unpaired) electrons. The predicted octanol–water partition coefficient (Wildman–Crippen LogP) is 4.69. The van der Waals surface area contributed by atoms with Gasteiger partial charge in [-0.25, -0.2) is 4.98 Å². The highest BCUT2D eigenvalue weighted by Gasteiger charge is 2.39. The van der Waals surface area contributed by atoms with E-state index in [0.29, 0.717) is 28.2 Å². The number of alkyl halides is 3. The van der Waals surface area contributed by atoms with Gasteiger partial charge in [-0.15, -0.1) is 11.3 Å². The first kappa shape index (κ1) is 21.1. The van der Waals surface area contributed by atoms with E-state index in [-0.39, 0.29) is 16.6 Å². The summed E-state index contributed by atoms with van der Waals surface area (Å²) in [5.41, 5.74) is -0.0752. The maximum Gasteiger partial charge on any atom is 0.435 e. The molecule has 10 heteroatoms. The van der Waals surface area contributed by atoms with Gasteiger partial charge >= 0.3 is 6.18 Å². The number of benzene rings is 1. The average molecular weight is 442 g/mol. The van der Waals surface area contributed by atoms with Gasteiger partial charge in [0.1, 0.15) is 14.9 Å². The number of halogens is 4. The Balaban J connectivity index is 2.01. The molecule has 0 aliphatic carbocycles. The molecule has 0 bridgehead atoms. The Morgan fingerprint density at radius 1 is 1.24 bits per heavy atom. The van der Waals surface area contributed by atoms with Gasteiger partial charge in [0, 0.05) is 24.0 Å². The van der Waals surface area contributed by atoms with Crippen LogP contribution in [0.4, 0.5) is 13.2 Å². The van der Waals surface area contributed by atoms with E-state index < -0.39 is 28.2 Å². The number of nitrogens with zero attached hydrogens (tertiary/aromatic N) is 2. The summed E-state index contributed by atoms with van der Waals surface area (Å²) in [6.45, 7) is 3.53. The third-order valence-electron chi connectivity index (χ3n) is 4.06. The van der Waals surface area contributed by atoms with Crippen LogP contribution in [0.1, 0.15) is 27.9 Å². The highest BCUT2D eigenvalue weighted by Crippen LogP contribution is 2.37. The SMILES string of the molecule is CCNC(=O)c1sc(-c2ccc(-n3ccc(C)c(Cl)c3=O)cc2)nc1C(F)(F)F. The van der Waals surface area contributed by atoms with E-state index in [9.17, 15) is 22.8 Å². The zero-order valence-corrected chi connectivity index (χ0v) is 16.9. The molecule has 0 aliphatic rings. The molecule has 5 nitrogen and oxygen atoms in total. The molecule has 0 aliphatic heterocycles. The van der Waals surface area contributed by atoms with Crippen LogP contribution >= 0.6 is 22.9 Å². The lowest BCUT2D eigenvalue weighted by atomic mass is 10.2. The molecule has 1 aromatic carbocycles. The number of aryl methyl sites for hydroxylation is 1. The zero-order chi connectivity index (χ0) is 21.3. The van der Waals surface area contributed by atoms with Crippen molar-refractivity contribution >= 4 is 28.8 Å². The Hall–Kier alpha value is -2.65. The van der Waals surface area contributed by atoms with Gasteiger partial charge in [-0.05, 0) is 49.7 Å². The molecule has 152 valence electrons. The van der Waals surface area contributed by atoms with Crippen molar-refractivity contribution in [2.45, 2.75) is 20.0 Å². The number of rotatable bonds is 4. The first-order valence-electron chi connectivity index (χ1n) is 8.48. The van der Waals surface area contributed by atoms with Crippen molar-refractivity contribution < 1.29 is 18.0 Å². The van der Waals surface area contributed by atoms with Gasteiger partial charge in [-0.1, -0.05) is 11.6 Å². The van der Waals surface area contributed by atoms with Crippen molar-refractivity contribution in [3.05, 3.63) is 68.0 Å². The van der Waals surface area contributed by atoms with E-state index in [1.54, 1.807) is 38.2 Å². The molecule has 0 spiro atoms. The second-order valence-electron chi connectivity index (χ2n) is 6.09. The fourth-order valence-electron chi connectivity index (χ4n) is 2.60. The van der Waals surface area contributed by atoms with Gasteiger partial charge in [0.15, 0.2) is 5.69 Å². The Morgan fingerprint density at radius 2 is 1.90 bits per heavy atom. The van der Waals surface area contributed by atoms with Gasteiger partial charge in [0.05, 0.1) is 0 Å². The van der Waals surface area contributed by atoms with Crippen molar-refractivity contribution in [2.24, 2.45) is 0 Å². The van der Waals surface area contributed by atoms with Crippen molar-refractivity contribution in [3.8, 4) is 16.3 Å². The molecular formula is C19H15ClF3N3O2S. The number of carbonyl (C=O) groups is 1. The van der Waals surface area contributed by atoms with E-state index in [1.165, 1.54) is 16.7 Å². The summed E-state index contributed by atoms with van der Waals surface area (Å²) in [7, 11) is 0. The number of amides is 1. The minimum Gasteiger partial charge on any atom is -0.352 e. The molecule has 29 heavy (non-hydrogen) atoms. The predicted molar refractivity (Wildman–Crippen MR) is 106 cm³/mol. The van der Waals surface area contributed by atoms with Gasteiger partial charge in [-0.3, -0.25) is 14.2 Å². The van der Waals surface area contributed by atoms with Crippen LogP contribution in [0.3, 0.4) is 0 Å². The monoisotopic (exact) mass is 441 g/mol. The number of pyridine rings is 1. The van der Waals surface area contributed by atoms with Crippen LogP contribution in [-0.4, -0.2) is 22.0 Å². The summed E-state index contributed by atoms with van der Waals surface area (Å²) in [4.78, 5) is 27.5. The number of carbonyl (C=O) groups excluding carboxylic acids is 1. The van der Waals surface area contributed by atoms with Crippen LogP contribution in [0, 0.1) is 6.92 Å². The van der Waals surface area contributed by atoms with E-state index in [4.69, 9.17) is 11.6 Å². The third kappa shape index (κ3) is 4.20. The topological polar surface area (TPSA) is 64.0 Å². The summed E-state index contributed by atoms with van der Waals surface area (Å²) in [5.74, 6) is -0.818. The number of nitrogens with one attached hydrogen (secondary N) is 1.